The van der Waals surface area contributed by atoms with Gasteiger partial charge in [-0.25, -0.2) is 0 Å². The molecular formula is C12H25NO. The first-order valence-corrected chi connectivity index (χ1v) is 6.13. The zero-order chi connectivity index (χ0) is 10.1. The summed E-state index contributed by atoms with van der Waals surface area (Å²) in [6, 6.07) is 0. The van der Waals surface area contributed by atoms with Gasteiger partial charge in [0.05, 0.1) is 6.61 Å². The molecule has 0 aromatic carbocycles. The molecule has 0 radical (unpaired) electrons. The first kappa shape index (κ1) is 12.0. The molecule has 0 saturated heterocycles. The van der Waals surface area contributed by atoms with Gasteiger partial charge in [0.2, 0.25) is 0 Å². The van der Waals surface area contributed by atoms with Crippen LogP contribution in [0.3, 0.4) is 0 Å². The molecule has 1 aliphatic carbocycles. The molecule has 0 aliphatic heterocycles. The van der Waals surface area contributed by atoms with Crippen LogP contribution in [0.5, 0.6) is 0 Å². The third-order valence-electron chi connectivity index (χ3n) is 3.14. The summed E-state index contributed by atoms with van der Waals surface area (Å²) in [6.45, 7) is 3.04. The van der Waals surface area contributed by atoms with Gasteiger partial charge in [0.25, 0.3) is 0 Å². The summed E-state index contributed by atoms with van der Waals surface area (Å²) in [7, 11) is 1.76. The van der Waals surface area contributed by atoms with Gasteiger partial charge in [-0.1, -0.05) is 32.1 Å². The predicted octanol–water partition coefficient (Wildman–Crippen LogP) is 2.58. The predicted molar refractivity (Wildman–Crippen MR) is 60.6 cm³/mol. The molecule has 0 aromatic heterocycles. The largest absolute Gasteiger partial charge is 0.383 e. The van der Waals surface area contributed by atoms with Gasteiger partial charge in [-0.2, -0.15) is 0 Å². The van der Waals surface area contributed by atoms with E-state index in [1.54, 1.807) is 7.11 Å². The maximum atomic E-state index is 5.01. The van der Waals surface area contributed by atoms with Gasteiger partial charge in [-0.05, 0) is 25.3 Å². The summed E-state index contributed by atoms with van der Waals surface area (Å²) in [5, 5.41) is 3.48. The van der Waals surface area contributed by atoms with Crippen LogP contribution in [-0.2, 0) is 4.74 Å². The number of hydrogen-bond acceptors (Lipinski definition) is 2. The summed E-state index contributed by atoms with van der Waals surface area (Å²) < 4.78 is 5.01. The van der Waals surface area contributed by atoms with Crippen molar-refractivity contribution in [3.63, 3.8) is 0 Å². The maximum Gasteiger partial charge on any atom is 0.0587 e. The fraction of sp³-hybridized carbons (Fsp3) is 1.00. The van der Waals surface area contributed by atoms with Gasteiger partial charge in [-0.3, -0.25) is 0 Å². The van der Waals surface area contributed by atoms with Crippen molar-refractivity contribution in [1.82, 2.24) is 5.32 Å². The average Bonchev–Trinajstić information content (AvgIpc) is 2.15. The van der Waals surface area contributed by atoms with Crippen LogP contribution in [0.2, 0.25) is 0 Å². The molecule has 0 atom stereocenters. The standard InChI is InChI=1S/C12H25NO/c1-14-10-9-13-11-12-7-5-3-2-4-6-8-12/h12-13H,2-11H2,1H3. The van der Waals surface area contributed by atoms with Crippen LogP contribution in [0.1, 0.15) is 44.9 Å². The normalized spacial score (nSPS) is 20.4. The highest BCUT2D eigenvalue weighted by Crippen LogP contribution is 2.21. The van der Waals surface area contributed by atoms with Crippen LogP contribution in [-0.4, -0.2) is 26.8 Å². The Bertz CT molecular complexity index is 119. The highest BCUT2D eigenvalue weighted by atomic mass is 16.5. The lowest BCUT2D eigenvalue weighted by Crippen LogP contribution is -2.26. The number of nitrogens with one attached hydrogen (secondary N) is 1. The fourth-order valence-corrected chi connectivity index (χ4v) is 2.23. The van der Waals surface area contributed by atoms with E-state index < -0.39 is 0 Å². The molecule has 14 heavy (non-hydrogen) atoms. The average molecular weight is 199 g/mol. The minimum Gasteiger partial charge on any atom is -0.383 e. The molecule has 0 amide bonds. The van der Waals surface area contributed by atoms with E-state index in [4.69, 9.17) is 4.74 Å². The highest BCUT2D eigenvalue weighted by Gasteiger charge is 2.10. The Kier molecular flexibility index (Phi) is 7.06. The molecule has 0 bridgehead atoms. The fourth-order valence-electron chi connectivity index (χ4n) is 2.23. The van der Waals surface area contributed by atoms with Crippen molar-refractivity contribution in [3.05, 3.63) is 0 Å². The lowest BCUT2D eigenvalue weighted by molar-refractivity contribution is 0.196. The molecule has 2 heteroatoms. The molecule has 1 saturated carbocycles. The summed E-state index contributed by atoms with van der Waals surface area (Å²) in [4.78, 5) is 0. The van der Waals surface area contributed by atoms with Gasteiger partial charge >= 0.3 is 0 Å². The SMILES string of the molecule is COCCNCC1CCCCCCC1. The van der Waals surface area contributed by atoms with Crippen molar-refractivity contribution in [2.75, 3.05) is 26.8 Å². The Morgan fingerprint density at radius 2 is 1.71 bits per heavy atom. The smallest absolute Gasteiger partial charge is 0.0587 e. The van der Waals surface area contributed by atoms with Crippen molar-refractivity contribution in [2.45, 2.75) is 44.9 Å². The third kappa shape index (κ3) is 5.61. The van der Waals surface area contributed by atoms with Gasteiger partial charge in [0.1, 0.15) is 0 Å². The monoisotopic (exact) mass is 199 g/mol. The molecular weight excluding hydrogens is 174 g/mol. The summed E-state index contributed by atoms with van der Waals surface area (Å²) in [5.41, 5.74) is 0. The lowest BCUT2D eigenvalue weighted by Gasteiger charge is -2.19. The Morgan fingerprint density at radius 3 is 2.36 bits per heavy atom. The number of hydrogen-bond donors (Lipinski definition) is 1. The van der Waals surface area contributed by atoms with E-state index >= 15 is 0 Å². The molecule has 84 valence electrons. The van der Waals surface area contributed by atoms with Crippen LogP contribution in [0.15, 0.2) is 0 Å². The Morgan fingerprint density at radius 1 is 1.07 bits per heavy atom. The quantitative estimate of drug-likeness (QED) is 0.687. The van der Waals surface area contributed by atoms with Crippen LogP contribution >= 0.6 is 0 Å². The number of methoxy groups -OCH3 is 1. The van der Waals surface area contributed by atoms with Gasteiger partial charge < -0.3 is 10.1 Å². The molecule has 0 spiro atoms. The Labute approximate surface area is 88.4 Å². The molecule has 1 rings (SSSR count). The molecule has 0 heterocycles. The van der Waals surface area contributed by atoms with E-state index in [1.165, 1.54) is 51.5 Å². The Hall–Kier alpha value is -0.0800. The van der Waals surface area contributed by atoms with Crippen molar-refractivity contribution in [3.8, 4) is 0 Å². The first-order chi connectivity index (χ1) is 6.93. The van der Waals surface area contributed by atoms with E-state index in [1.807, 2.05) is 0 Å². The zero-order valence-corrected chi connectivity index (χ0v) is 9.56. The van der Waals surface area contributed by atoms with Crippen molar-refractivity contribution in [2.24, 2.45) is 5.92 Å². The van der Waals surface area contributed by atoms with Crippen LogP contribution in [0.4, 0.5) is 0 Å². The lowest BCUT2D eigenvalue weighted by atomic mass is 9.91. The van der Waals surface area contributed by atoms with Crippen LogP contribution in [0, 0.1) is 5.92 Å². The van der Waals surface area contributed by atoms with E-state index in [-0.39, 0.29) is 0 Å². The second-order valence-corrected chi connectivity index (χ2v) is 4.41. The second-order valence-electron chi connectivity index (χ2n) is 4.41. The number of ether oxygens (including phenoxy) is 1. The van der Waals surface area contributed by atoms with Crippen molar-refractivity contribution in [1.29, 1.82) is 0 Å². The van der Waals surface area contributed by atoms with Gasteiger partial charge in [-0.15, -0.1) is 0 Å². The zero-order valence-electron chi connectivity index (χ0n) is 9.56. The van der Waals surface area contributed by atoms with E-state index in [2.05, 4.69) is 5.32 Å². The van der Waals surface area contributed by atoms with Gasteiger partial charge in [0, 0.05) is 13.7 Å². The summed E-state index contributed by atoms with van der Waals surface area (Å²) in [5.74, 6) is 0.923. The van der Waals surface area contributed by atoms with Crippen molar-refractivity contribution >= 4 is 0 Å². The number of rotatable bonds is 5. The first-order valence-electron chi connectivity index (χ1n) is 6.13. The minimum atomic E-state index is 0.840. The Balaban J connectivity index is 2.02. The molecule has 1 N–H and O–H groups in total. The van der Waals surface area contributed by atoms with Crippen molar-refractivity contribution < 1.29 is 4.74 Å². The van der Waals surface area contributed by atoms with E-state index in [9.17, 15) is 0 Å². The molecule has 1 fully saturated rings. The summed E-state index contributed by atoms with van der Waals surface area (Å²) >= 11 is 0. The summed E-state index contributed by atoms with van der Waals surface area (Å²) in [6.07, 6.45) is 10.1. The topological polar surface area (TPSA) is 21.3 Å². The third-order valence-corrected chi connectivity index (χ3v) is 3.14. The van der Waals surface area contributed by atoms with E-state index in [0.717, 1.165) is 19.1 Å². The highest BCUT2D eigenvalue weighted by molar-refractivity contribution is 4.65. The minimum absolute atomic E-state index is 0.840. The van der Waals surface area contributed by atoms with E-state index in [0.29, 0.717) is 0 Å². The second kappa shape index (κ2) is 8.25. The van der Waals surface area contributed by atoms with Crippen LogP contribution < -0.4 is 5.32 Å². The van der Waals surface area contributed by atoms with Crippen LogP contribution in [0.25, 0.3) is 0 Å². The molecule has 2 nitrogen and oxygen atoms in total. The molecule has 1 aliphatic rings. The molecule has 0 unspecified atom stereocenters. The van der Waals surface area contributed by atoms with Gasteiger partial charge in [0.15, 0.2) is 0 Å². The molecule has 0 aromatic rings. The maximum absolute atomic E-state index is 5.01.